The van der Waals surface area contributed by atoms with Gasteiger partial charge in [0.1, 0.15) is 0 Å². The zero-order chi connectivity index (χ0) is 22.7. The lowest BCUT2D eigenvalue weighted by Gasteiger charge is -2.17. The quantitative estimate of drug-likeness (QED) is 0.472. The standard InChI is InChI=1S/C27H21NO4/c1-17-12-13-20(23(29)16-18-8-4-2-5-9-18)25-22(27(31)32)15-14-21(24(17)25)26(30)28-19-10-6-3-7-11-19/h2-15H,16H2,1H3,(H,28,30)(H,31,32)/p-1. The molecule has 0 unspecified atom stereocenters. The molecule has 32 heavy (non-hydrogen) atoms. The molecule has 0 fully saturated rings. The monoisotopic (exact) mass is 422 g/mol. The van der Waals surface area contributed by atoms with Crippen molar-refractivity contribution < 1.29 is 19.5 Å². The molecule has 158 valence electrons. The molecule has 0 radical (unpaired) electrons. The molecular formula is C27H20NO4-. The first-order chi connectivity index (χ1) is 15.5. The molecule has 0 aliphatic rings. The summed E-state index contributed by atoms with van der Waals surface area (Å²) >= 11 is 0. The Balaban J connectivity index is 1.86. The van der Waals surface area contributed by atoms with E-state index in [-0.39, 0.29) is 34.6 Å². The molecule has 0 saturated heterocycles. The molecule has 0 aliphatic carbocycles. The van der Waals surface area contributed by atoms with Crippen molar-refractivity contribution in [3.8, 4) is 0 Å². The minimum Gasteiger partial charge on any atom is -0.545 e. The molecule has 0 saturated carbocycles. The minimum absolute atomic E-state index is 0.114. The molecule has 0 spiro atoms. The molecule has 0 aromatic heterocycles. The van der Waals surface area contributed by atoms with Crippen LogP contribution in [0.25, 0.3) is 10.8 Å². The van der Waals surface area contributed by atoms with E-state index in [2.05, 4.69) is 5.32 Å². The van der Waals surface area contributed by atoms with E-state index in [1.54, 1.807) is 43.3 Å². The maximum atomic E-state index is 13.2. The first-order valence-corrected chi connectivity index (χ1v) is 10.2. The van der Waals surface area contributed by atoms with Crippen LogP contribution in [0.5, 0.6) is 0 Å². The Hall–Kier alpha value is -4.25. The summed E-state index contributed by atoms with van der Waals surface area (Å²) < 4.78 is 0. The van der Waals surface area contributed by atoms with Crippen LogP contribution in [0.3, 0.4) is 0 Å². The molecule has 4 aromatic carbocycles. The molecule has 1 amide bonds. The van der Waals surface area contributed by atoms with Gasteiger partial charge in [-0.3, -0.25) is 9.59 Å². The van der Waals surface area contributed by atoms with Gasteiger partial charge in [0, 0.05) is 34.2 Å². The van der Waals surface area contributed by atoms with E-state index in [1.165, 1.54) is 12.1 Å². The van der Waals surface area contributed by atoms with E-state index in [4.69, 9.17) is 0 Å². The molecule has 0 aliphatic heterocycles. The van der Waals surface area contributed by atoms with Crippen LogP contribution >= 0.6 is 0 Å². The van der Waals surface area contributed by atoms with Gasteiger partial charge in [0.2, 0.25) is 0 Å². The Labute approximate surface area is 185 Å². The van der Waals surface area contributed by atoms with Crippen LogP contribution in [0.2, 0.25) is 0 Å². The molecule has 0 heterocycles. The number of rotatable bonds is 6. The van der Waals surface area contributed by atoms with Crippen molar-refractivity contribution in [3.05, 3.63) is 113 Å². The summed E-state index contributed by atoms with van der Waals surface area (Å²) in [5, 5.41) is 15.4. The fourth-order valence-corrected chi connectivity index (χ4v) is 3.86. The maximum absolute atomic E-state index is 13.2. The molecule has 4 rings (SSSR count). The van der Waals surface area contributed by atoms with Crippen molar-refractivity contribution in [1.29, 1.82) is 0 Å². The zero-order valence-electron chi connectivity index (χ0n) is 17.4. The smallest absolute Gasteiger partial charge is 0.256 e. The second kappa shape index (κ2) is 8.86. The molecule has 0 atom stereocenters. The van der Waals surface area contributed by atoms with E-state index in [0.717, 1.165) is 5.56 Å². The largest absolute Gasteiger partial charge is 0.545 e. The summed E-state index contributed by atoms with van der Waals surface area (Å²) in [4.78, 5) is 38.2. The topological polar surface area (TPSA) is 86.3 Å². The molecule has 5 heteroatoms. The fourth-order valence-electron chi connectivity index (χ4n) is 3.86. The van der Waals surface area contributed by atoms with Crippen LogP contribution in [-0.4, -0.2) is 17.7 Å². The third kappa shape index (κ3) is 4.14. The second-order valence-electron chi connectivity index (χ2n) is 7.53. The van der Waals surface area contributed by atoms with Crippen molar-refractivity contribution in [2.24, 2.45) is 0 Å². The van der Waals surface area contributed by atoms with Gasteiger partial charge in [-0.15, -0.1) is 0 Å². The van der Waals surface area contributed by atoms with Crippen molar-refractivity contribution >= 4 is 34.1 Å². The number of nitrogens with one attached hydrogen (secondary N) is 1. The number of aromatic carboxylic acids is 1. The Kier molecular flexibility index (Phi) is 5.81. The molecule has 4 aromatic rings. The summed E-state index contributed by atoms with van der Waals surface area (Å²) in [5.41, 5.74) is 2.56. The number of para-hydroxylation sites is 1. The number of anilines is 1. The highest BCUT2D eigenvalue weighted by Gasteiger charge is 2.20. The molecule has 1 N–H and O–H groups in total. The summed E-state index contributed by atoms with van der Waals surface area (Å²) in [7, 11) is 0. The first kappa shape index (κ1) is 21.0. The van der Waals surface area contributed by atoms with Gasteiger partial charge in [0.05, 0.1) is 5.97 Å². The van der Waals surface area contributed by atoms with Gasteiger partial charge in [0.25, 0.3) is 5.91 Å². The number of fused-ring (bicyclic) bond motifs is 1. The normalized spacial score (nSPS) is 10.7. The molecule has 0 bridgehead atoms. The van der Waals surface area contributed by atoms with E-state index < -0.39 is 5.97 Å². The number of Topliss-reactive ketones (excluding diaryl/α,β-unsaturated/α-hetero) is 1. The first-order valence-electron chi connectivity index (χ1n) is 10.2. The lowest BCUT2D eigenvalue weighted by atomic mass is 9.89. The van der Waals surface area contributed by atoms with Gasteiger partial charge >= 0.3 is 0 Å². The minimum atomic E-state index is -1.40. The van der Waals surface area contributed by atoms with Gasteiger partial charge in [-0.1, -0.05) is 66.7 Å². The number of aryl methyl sites for hydroxylation is 1. The van der Waals surface area contributed by atoms with Crippen LogP contribution in [0.4, 0.5) is 5.69 Å². The highest BCUT2D eigenvalue weighted by atomic mass is 16.4. The summed E-state index contributed by atoms with van der Waals surface area (Å²) in [5.74, 6) is -2.02. The average molecular weight is 422 g/mol. The zero-order valence-corrected chi connectivity index (χ0v) is 17.4. The lowest BCUT2D eigenvalue weighted by Crippen LogP contribution is -2.24. The van der Waals surface area contributed by atoms with Gasteiger partial charge in [-0.05, 0) is 41.6 Å². The summed E-state index contributed by atoms with van der Waals surface area (Å²) in [6, 6.07) is 24.3. The number of ketones is 1. The number of carbonyl (C=O) groups is 3. The third-order valence-electron chi connectivity index (χ3n) is 5.37. The summed E-state index contributed by atoms with van der Waals surface area (Å²) in [6.07, 6.45) is 0.117. The highest BCUT2D eigenvalue weighted by Crippen LogP contribution is 2.31. The van der Waals surface area contributed by atoms with E-state index in [9.17, 15) is 19.5 Å². The summed E-state index contributed by atoms with van der Waals surface area (Å²) in [6.45, 7) is 1.78. The Morgan fingerprint density at radius 2 is 1.31 bits per heavy atom. The number of benzene rings is 4. The van der Waals surface area contributed by atoms with Crippen LogP contribution < -0.4 is 10.4 Å². The van der Waals surface area contributed by atoms with Gasteiger partial charge in [-0.25, -0.2) is 0 Å². The second-order valence-corrected chi connectivity index (χ2v) is 7.53. The lowest BCUT2D eigenvalue weighted by molar-refractivity contribution is -0.254. The number of hydrogen-bond donors (Lipinski definition) is 1. The van der Waals surface area contributed by atoms with Crippen LogP contribution in [-0.2, 0) is 6.42 Å². The number of carboxylic acid groups (broad SMARTS) is 1. The third-order valence-corrected chi connectivity index (χ3v) is 5.37. The van der Waals surface area contributed by atoms with Crippen LogP contribution in [0.15, 0.2) is 84.9 Å². The van der Waals surface area contributed by atoms with Gasteiger partial charge in [-0.2, -0.15) is 0 Å². The molecular weight excluding hydrogens is 402 g/mol. The Bertz CT molecular complexity index is 1330. The number of amides is 1. The Morgan fingerprint density at radius 3 is 1.97 bits per heavy atom. The SMILES string of the molecule is Cc1ccc(C(=O)Cc2ccccc2)c2c(C(=O)[O-])ccc(C(=O)Nc3ccccc3)c12. The average Bonchev–Trinajstić information content (AvgIpc) is 2.79. The van der Waals surface area contributed by atoms with E-state index in [1.807, 2.05) is 36.4 Å². The van der Waals surface area contributed by atoms with Crippen LogP contribution in [0, 0.1) is 6.92 Å². The highest BCUT2D eigenvalue weighted by molar-refractivity contribution is 6.22. The van der Waals surface area contributed by atoms with Crippen LogP contribution in [0.1, 0.15) is 42.2 Å². The maximum Gasteiger partial charge on any atom is 0.256 e. The fraction of sp³-hybridized carbons (Fsp3) is 0.0741. The predicted octanol–water partition coefficient (Wildman–Crippen LogP) is 4.19. The van der Waals surface area contributed by atoms with Crippen molar-refractivity contribution in [2.75, 3.05) is 5.32 Å². The molecule has 5 nitrogen and oxygen atoms in total. The van der Waals surface area contributed by atoms with E-state index >= 15 is 0 Å². The number of hydrogen-bond acceptors (Lipinski definition) is 4. The Morgan fingerprint density at radius 1 is 0.719 bits per heavy atom. The van der Waals surface area contributed by atoms with Gasteiger partial charge < -0.3 is 15.2 Å². The van der Waals surface area contributed by atoms with Crippen molar-refractivity contribution in [1.82, 2.24) is 0 Å². The number of carbonyl (C=O) groups excluding carboxylic acids is 3. The number of carboxylic acids is 1. The van der Waals surface area contributed by atoms with E-state index in [0.29, 0.717) is 22.2 Å². The van der Waals surface area contributed by atoms with Crippen molar-refractivity contribution in [2.45, 2.75) is 13.3 Å². The van der Waals surface area contributed by atoms with Crippen molar-refractivity contribution in [3.63, 3.8) is 0 Å². The predicted molar refractivity (Wildman–Crippen MR) is 122 cm³/mol. The van der Waals surface area contributed by atoms with Gasteiger partial charge in [0.15, 0.2) is 5.78 Å².